The quantitative estimate of drug-likeness (QED) is 0.654. The molecule has 1 rings (SSSR count). The summed E-state index contributed by atoms with van der Waals surface area (Å²) in [5, 5.41) is 14.5. The molecular weight excluding hydrogens is 362 g/mol. The first kappa shape index (κ1) is 21.7. The van der Waals surface area contributed by atoms with Crippen LogP contribution in [0.1, 0.15) is 54.9 Å². The molecule has 0 aliphatic carbocycles. The van der Waals surface area contributed by atoms with Crippen molar-refractivity contribution < 1.29 is 25.6 Å². The van der Waals surface area contributed by atoms with E-state index in [-0.39, 0.29) is 19.7 Å². The second-order valence-corrected chi connectivity index (χ2v) is 8.53. The van der Waals surface area contributed by atoms with E-state index < -0.39 is 41.1 Å². The second-order valence-electron chi connectivity index (χ2n) is 8.53. The van der Waals surface area contributed by atoms with Crippen LogP contribution in [-0.2, 0) is 20.7 Å². The number of aliphatic carboxylic acids is 1. The zero-order valence-electron chi connectivity index (χ0n) is 18.1. The van der Waals surface area contributed by atoms with Crippen LogP contribution in [0, 0.1) is 5.41 Å². The molecule has 0 saturated heterocycles. The molecule has 0 aliphatic heterocycles. The molecule has 8 nitrogen and oxygen atoms in total. The first-order valence-electron chi connectivity index (χ1n) is 9.74. The maximum absolute atomic E-state index is 12.8. The Hall–Kier alpha value is -2.64. The van der Waals surface area contributed by atoms with Gasteiger partial charge in [0.1, 0.15) is 17.7 Å². The summed E-state index contributed by atoms with van der Waals surface area (Å²) in [6.45, 7) is 8.71. The highest BCUT2D eigenvalue weighted by Crippen LogP contribution is 2.21. The Morgan fingerprint density at radius 1 is 1.21 bits per heavy atom. The summed E-state index contributed by atoms with van der Waals surface area (Å²) in [4.78, 5) is 40.6. The minimum atomic E-state index is -1.20. The number of carboxylic acid groups (broad SMARTS) is 1. The van der Waals surface area contributed by atoms with Crippen LogP contribution in [0.15, 0.2) is 24.5 Å². The van der Waals surface area contributed by atoms with E-state index in [1.165, 1.54) is 6.20 Å². The maximum Gasteiger partial charge on any atom is 0.408 e. The number of carbonyl (C=O) groups is 3. The van der Waals surface area contributed by atoms with Gasteiger partial charge in [0, 0.05) is 20.2 Å². The molecule has 1 aromatic rings. The van der Waals surface area contributed by atoms with E-state index in [2.05, 4.69) is 15.6 Å². The van der Waals surface area contributed by atoms with Crippen LogP contribution in [0.25, 0.3) is 0 Å². The molecule has 0 fully saturated rings. The maximum atomic E-state index is 12.8. The Morgan fingerprint density at radius 2 is 1.89 bits per heavy atom. The van der Waals surface area contributed by atoms with Gasteiger partial charge in [0.25, 0.3) is 0 Å². The molecule has 3 N–H and O–H groups in total. The third-order valence-corrected chi connectivity index (χ3v) is 3.54. The number of nitrogens with zero attached hydrogens (tertiary/aromatic N) is 1. The Labute approximate surface area is 167 Å². The first-order chi connectivity index (χ1) is 13.3. The lowest BCUT2D eigenvalue weighted by molar-refractivity contribution is -0.142. The van der Waals surface area contributed by atoms with Crippen molar-refractivity contribution in [2.45, 2.75) is 72.0 Å². The van der Waals surface area contributed by atoms with E-state index in [9.17, 15) is 19.5 Å². The van der Waals surface area contributed by atoms with E-state index >= 15 is 0 Å². The van der Waals surface area contributed by atoms with Crippen LogP contribution < -0.4 is 10.6 Å². The van der Waals surface area contributed by atoms with Crippen molar-refractivity contribution in [1.29, 1.82) is 0 Å². The highest BCUT2D eigenvalue weighted by Gasteiger charge is 2.31. The number of carboxylic acids is 1. The summed E-state index contributed by atoms with van der Waals surface area (Å²) in [7, 11) is 0. The molecule has 0 unspecified atom stereocenters. The van der Waals surface area contributed by atoms with Gasteiger partial charge in [0.2, 0.25) is 5.91 Å². The summed E-state index contributed by atoms with van der Waals surface area (Å²) >= 11 is 0. The SMILES string of the molecule is [2H]CC(C)(C)C[C@H](NC(=O)OC(C)(C)C)C(=O)N[C@@H](Cc1cccnc1)C(=O)O. The fourth-order valence-corrected chi connectivity index (χ4v) is 2.44. The molecule has 0 radical (unpaired) electrons. The molecule has 8 heteroatoms. The topological polar surface area (TPSA) is 118 Å². The van der Waals surface area contributed by atoms with E-state index in [0.29, 0.717) is 5.56 Å². The third kappa shape index (κ3) is 9.34. The lowest BCUT2D eigenvalue weighted by Gasteiger charge is -2.28. The molecule has 156 valence electrons. The number of ether oxygens (including phenoxy) is 1. The lowest BCUT2D eigenvalue weighted by atomic mass is 9.87. The van der Waals surface area contributed by atoms with Crippen molar-refractivity contribution >= 4 is 18.0 Å². The average molecular weight is 394 g/mol. The molecule has 2 atom stereocenters. The standard InChI is InChI=1S/C20H31N3O5/c1-19(2,3)11-15(23-18(27)28-20(4,5)6)16(24)22-14(17(25)26)10-13-8-7-9-21-12-13/h7-9,12,14-15H,10-11H2,1-6H3,(H,22,24)(H,23,27)(H,25,26)/t14-,15-/m0/s1/i1D. The minimum Gasteiger partial charge on any atom is -0.480 e. The van der Waals surface area contributed by atoms with Crippen molar-refractivity contribution in [1.82, 2.24) is 15.6 Å². The zero-order chi connectivity index (χ0) is 22.2. The minimum absolute atomic E-state index is 0.0326. The van der Waals surface area contributed by atoms with Gasteiger partial charge in [-0.2, -0.15) is 0 Å². The Balaban J connectivity index is 2.94. The molecule has 0 aromatic carbocycles. The first-order valence-corrected chi connectivity index (χ1v) is 9.04. The molecule has 0 saturated carbocycles. The van der Waals surface area contributed by atoms with E-state index in [0.717, 1.165) is 0 Å². The number of pyridine rings is 1. The second kappa shape index (κ2) is 9.52. The molecule has 2 amide bonds. The van der Waals surface area contributed by atoms with Gasteiger partial charge in [0.15, 0.2) is 0 Å². The average Bonchev–Trinajstić information content (AvgIpc) is 2.59. The van der Waals surface area contributed by atoms with Gasteiger partial charge in [-0.15, -0.1) is 0 Å². The monoisotopic (exact) mass is 394 g/mol. The fourth-order valence-electron chi connectivity index (χ4n) is 2.44. The van der Waals surface area contributed by atoms with Crippen molar-refractivity contribution in [2.75, 3.05) is 0 Å². The van der Waals surface area contributed by atoms with Crippen molar-refractivity contribution in [2.24, 2.45) is 5.41 Å². The predicted octanol–water partition coefficient (Wildman–Crippen LogP) is 2.52. The van der Waals surface area contributed by atoms with Crippen molar-refractivity contribution in [3.8, 4) is 0 Å². The van der Waals surface area contributed by atoms with Gasteiger partial charge in [-0.05, 0) is 44.2 Å². The van der Waals surface area contributed by atoms with Gasteiger partial charge in [-0.3, -0.25) is 9.78 Å². The molecule has 0 aliphatic rings. The molecular formula is C20H31N3O5. The van der Waals surface area contributed by atoms with Crippen molar-refractivity contribution in [3.05, 3.63) is 30.1 Å². The van der Waals surface area contributed by atoms with Gasteiger partial charge in [-0.1, -0.05) is 26.8 Å². The summed E-state index contributed by atoms with van der Waals surface area (Å²) in [5.41, 5.74) is -0.665. The van der Waals surface area contributed by atoms with E-state index in [4.69, 9.17) is 6.11 Å². The smallest absolute Gasteiger partial charge is 0.408 e. The number of alkyl carbamates (subject to hydrolysis) is 1. The van der Waals surface area contributed by atoms with Crippen LogP contribution in [0.2, 0.25) is 0 Å². The van der Waals surface area contributed by atoms with Crippen LogP contribution in [0.5, 0.6) is 0 Å². The van der Waals surface area contributed by atoms with Crippen LogP contribution in [0.4, 0.5) is 4.79 Å². The molecule has 28 heavy (non-hydrogen) atoms. The zero-order valence-corrected chi connectivity index (χ0v) is 17.1. The number of nitrogens with one attached hydrogen (secondary N) is 2. The highest BCUT2D eigenvalue weighted by atomic mass is 16.6. The number of hydrogen-bond acceptors (Lipinski definition) is 5. The molecule has 0 spiro atoms. The molecule has 0 bridgehead atoms. The highest BCUT2D eigenvalue weighted by molar-refractivity contribution is 5.89. The summed E-state index contributed by atoms with van der Waals surface area (Å²) < 4.78 is 12.9. The number of carbonyl (C=O) groups excluding carboxylic acids is 2. The summed E-state index contributed by atoms with van der Waals surface area (Å²) in [6.07, 6.45) is 2.53. The largest absolute Gasteiger partial charge is 0.480 e. The van der Waals surface area contributed by atoms with E-state index in [1.54, 1.807) is 52.9 Å². The fraction of sp³-hybridized carbons (Fsp3) is 0.600. The Kier molecular flexibility index (Phi) is 7.37. The lowest BCUT2D eigenvalue weighted by Crippen LogP contribution is -2.53. The van der Waals surface area contributed by atoms with Gasteiger partial charge in [0.05, 0.1) is 0 Å². The van der Waals surface area contributed by atoms with Crippen molar-refractivity contribution in [3.63, 3.8) is 0 Å². The molecule has 1 heterocycles. The normalized spacial score (nSPS) is 14.4. The Morgan fingerprint density at radius 3 is 2.39 bits per heavy atom. The summed E-state index contributed by atoms with van der Waals surface area (Å²) in [5.74, 6) is -1.84. The third-order valence-electron chi connectivity index (χ3n) is 3.54. The predicted molar refractivity (Wildman–Crippen MR) is 105 cm³/mol. The van der Waals surface area contributed by atoms with Crippen LogP contribution >= 0.6 is 0 Å². The number of amides is 2. The number of hydrogen-bond donors (Lipinski definition) is 3. The summed E-state index contributed by atoms with van der Waals surface area (Å²) in [6, 6.07) is 1.17. The Bertz CT molecular complexity index is 704. The van der Waals surface area contributed by atoms with Gasteiger partial charge < -0.3 is 20.5 Å². The van der Waals surface area contributed by atoms with Gasteiger partial charge >= 0.3 is 12.1 Å². The van der Waals surface area contributed by atoms with E-state index in [1.807, 2.05) is 0 Å². The van der Waals surface area contributed by atoms with Crippen LogP contribution in [-0.4, -0.2) is 45.7 Å². The van der Waals surface area contributed by atoms with Gasteiger partial charge in [-0.25, -0.2) is 9.59 Å². The number of rotatable bonds is 7. The molecule has 1 aromatic heterocycles. The number of aromatic nitrogens is 1. The van der Waals surface area contributed by atoms with Crippen LogP contribution in [0.3, 0.4) is 0 Å².